The summed E-state index contributed by atoms with van der Waals surface area (Å²) in [4.78, 5) is 12.7. The highest BCUT2D eigenvalue weighted by Gasteiger charge is 2.17. The highest BCUT2D eigenvalue weighted by Crippen LogP contribution is 2.35. The fourth-order valence-electron chi connectivity index (χ4n) is 1.84. The van der Waals surface area contributed by atoms with Crippen LogP contribution in [0, 0.1) is 0 Å². The molecule has 0 fully saturated rings. The van der Waals surface area contributed by atoms with Crippen LogP contribution in [0.2, 0.25) is 0 Å². The summed E-state index contributed by atoms with van der Waals surface area (Å²) in [6.45, 7) is 2.36. The van der Waals surface area contributed by atoms with Crippen LogP contribution < -0.4 is 11.1 Å². The third-order valence-electron chi connectivity index (χ3n) is 2.69. The topological polar surface area (TPSA) is 64.3 Å². The Morgan fingerprint density at radius 2 is 2.32 bits per heavy atom. The van der Waals surface area contributed by atoms with Crippen LogP contribution in [0.4, 0.5) is 5.69 Å². The van der Waals surface area contributed by atoms with Crippen LogP contribution in [0.1, 0.15) is 16.6 Å². The number of methoxy groups -OCH3 is 1. The van der Waals surface area contributed by atoms with E-state index >= 15 is 0 Å². The molecule has 0 spiro atoms. The van der Waals surface area contributed by atoms with Gasteiger partial charge in [0.25, 0.3) is 5.91 Å². The van der Waals surface area contributed by atoms with E-state index in [-0.39, 0.29) is 11.9 Å². The third-order valence-corrected chi connectivity index (χ3v) is 4.35. The maximum Gasteiger partial charge on any atom is 0.263 e. The summed E-state index contributed by atoms with van der Waals surface area (Å²) < 4.78 is 6.97. The Bertz CT molecular complexity index is 612. The lowest BCUT2D eigenvalue weighted by molar-refractivity contribution is 0.0910. The molecule has 1 aromatic heterocycles. The van der Waals surface area contributed by atoms with Crippen molar-refractivity contribution >= 4 is 48.9 Å². The van der Waals surface area contributed by atoms with Crippen LogP contribution in [-0.4, -0.2) is 25.7 Å². The van der Waals surface area contributed by atoms with Crippen LogP contribution in [-0.2, 0) is 4.74 Å². The van der Waals surface area contributed by atoms with Gasteiger partial charge in [0, 0.05) is 27.7 Å². The van der Waals surface area contributed by atoms with E-state index in [1.807, 2.05) is 25.1 Å². The number of hydrogen-bond acceptors (Lipinski definition) is 4. The lowest BCUT2D eigenvalue weighted by atomic mass is 10.2. The molecule has 0 saturated carbocycles. The number of carbonyl (C=O) groups is 1. The molecule has 2 rings (SSSR count). The van der Waals surface area contributed by atoms with E-state index in [0.29, 0.717) is 17.2 Å². The second kappa shape index (κ2) is 5.90. The van der Waals surface area contributed by atoms with Gasteiger partial charge < -0.3 is 15.8 Å². The van der Waals surface area contributed by atoms with Gasteiger partial charge in [-0.25, -0.2) is 0 Å². The molecule has 1 atom stereocenters. The standard InChI is InChI=1S/C13H15BrN2O2S/c1-7(6-18-2)16-13(17)12-11(15)9-4-3-8(14)5-10(9)19-12/h3-5,7H,6,15H2,1-2H3,(H,16,17). The Hall–Kier alpha value is -1.11. The zero-order valence-electron chi connectivity index (χ0n) is 10.7. The second-order valence-electron chi connectivity index (χ2n) is 4.32. The highest BCUT2D eigenvalue weighted by atomic mass is 79.9. The molecule has 0 aliphatic rings. The molecule has 4 nitrogen and oxygen atoms in total. The van der Waals surface area contributed by atoms with Crippen molar-refractivity contribution in [1.29, 1.82) is 0 Å². The van der Waals surface area contributed by atoms with Crippen molar-refractivity contribution < 1.29 is 9.53 Å². The van der Waals surface area contributed by atoms with Crippen molar-refractivity contribution in [2.24, 2.45) is 0 Å². The summed E-state index contributed by atoms with van der Waals surface area (Å²) in [6.07, 6.45) is 0. The van der Waals surface area contributed by atoms with Crippen molar-refractivity contribution in [3.05, 3.63) is 27.5 Å². The Morgan fingerprint density at radius 3 is 3.00 bits per heavy atom. The quantitative estimate of drug-likeness (QED) is 0.897. The average molecular weight is 343 g/mol. The molecule has 0 saturated heterocycles. The first-order valence-corrected chi connectivity index (χ1v) is 7.41. The first kappa shape index (κ1) is 14.3. The summed E-state index contributed by atoms with van der Waals surface area (Å²) in [7, 11) is 1.61. The van der Waals surface area contributed by atoms with E-state index in [9.17, 15) is 4.79 Å². The summed E-state index contributed by atoms with van der Waals surface area (Å²) in [5.74, 6) is -0.153. The predicted octanol–water partition coefficient (Wildman–Crippen LogP) is 3.01. The van der Waals surface area contributed by atoms with E-state index in [0.717, 1.165) is 14.6 Å². The minimum atomic E-state index is -0.153. The zero-order valence-corrected chi connectivity index (χ0v) is 13.1. The van der Waals surface area contributed by atoms with Gasteiger partial charge in [-0.05, 0) is 19.1 Å². The first-order valence-electron chi connectivity index (χ1n) is 5.80. The van der Waals surface area contributed by atoms with Gasteiger partial charge in [0.15, 0.2) is 0 Å². The molecule has 3 N–H and O–H groups in total. The molecule has 0 aliphatic carbocycles. The Kier molecular flexibility index (Phi) is 4.44. The van der Waals surface area contributed by atoms with Gasteiger partial charge in [0.2, 0.25) is 0 Å². The van der Waals surface area contributed by atoms with Crippen LogP contribution in [0.15, 0.2) is 22.7 Å². The molecule has 1 aromatic carbocycles. The SMILES string of the molecule is COCC(C)NC(=O)c1sc2cc(Br)ccc2c1N. The molecule has 1 amide bonds. The fraction of sp³-hybridized carbons (Fsp3) is 0.308. The minimum absolute atomic E-state index is 0.0474. The molecule has 2 aromatic rings. The molecule has 19 heavy (non-hydrogen) atoms. The van der Waals surface area contributed by atoms with Crippen molar-refractivity contribution in [2.45, 2.75) is 13.0 Å². The van der Waals surface area contributed by atoms with Gasteiger partial charge in [-0.3, -0.25) is 4.79 Å². The van der Waals surface area contributed by atoms with Gasteiger partial charge in [-0.2, -0.15) is 0 Å². The van der Waals surface area contributed by atoms with Gasteiger partial charge in [0.1, 0.15) is 4.88 Å². The normalized spacial score (nSPS) is 12.6. The van der Waals surface area contributed by atoms with E-state index < -0.39 is 0 Å². The molecule has 0 bridgehead atoms. The summed E-state index contributed by atoms with van der Waals surface area (Å²) in [6, 6.07) is 5.75. The van der Waals surface area contributed by atoms with Gasteiger partial charge >= 0.3 is 0 Å². The Morgan fingerprint density at radius 1 is 1.58 bits per heavy atom. The molecule has 0 radical (unpaired) electrons. The summed E-state index contributed by atoms with van der Waals surface area (Å²) in [5.41, 5.74) is 6.58. The predicted molar refractivity (Wildman–Crippen MR) is 82.7 cm³/mol. The number of amides is 1. The van der Waals surface area contributed by atoms with Crippen LogP contribution in [0.5, 0.6) is 0 Å². The van der Waals surface area contributed by atoms with Crippen molar-refractivity contribution in [2.75, 3.05) is 19.5 Å². The van der Waals surface area contributed by atoms with Crippen molar-refractivity contribution in [3.8, 4) is 0 Å². The lowest BCUT2D eigenvalue weighted by Gasteiger charge is -2.11. The second-order valence-corrected chi connectivity index (χ2v) is 6.28. The smallest absolute Gasteiger partial charge is 0.263 e. The minimum Gasteiger partial charge on any atom is -0.397 e. The first-order chi connectivity index (χ1) is 9.02. The lowest BCUT2D eigenvalue weighted by Crippen LogP contribution is -2.35. The van der Waals surface area contributed by atoms with Gasteiger partial charge in [0.05, 0.1) is 12.3 Å². The maximum atomic E-state index is 12.2. The number of ether oxygens (including phenoxy) is 1. The number of benzene rings is 1. The molecule has 0 aliphatic heterocycles. The van der Waals surface area contributed by atoms with E-state index in [2.05, 4.69) is 21.2 Å². The molecular weight excluding hydrogens is 328 g/mol. The number of carbonyl (C=O) groups excluding carboxylic acids is 1. The zero-order chi connectivity index (χ0) is 14.0. The molecule has 1 heterocycles. The number of thiophene rings is 1. The van der Waals surface area contributed by atoms with Crippen LogP contribution >= 0.6 is 27.3 Å². The van der Waals surface area contributed by atoms with Gasteiger partial charge in [-0.15, -0.1) is 11.3 Å². The number of fused-ring (bicyclic) bond motifs is 1. The number of nitrogens with one attached hydrogen (secondary N) is 1. The number of hydrogen-bond donors (Lipinski definition) is 2. The molecule has 1 unspecified atom stereocenters. The highest BCUT2D eigenvalue weighted by molar-refractivity contribution is 9.10. The number of halogens is 1. The van der Waals surface area contributed by atoms with Crippen LogP contribution in [0.25, 0.3) is 10.1 Å². The summed E-state index contributed by atoms with van der Waals surface area (Å²) in [5, 5.41) is 3.78. The Labute approximate surface area is 124 Å². The maximum absolute atomic E-state index is 12.2. The molecule has 102 valence electrons. The van der Waals surface area contributed by atoms with Gasteiger partial charge in [-0.1, -0.05) is 22.0 Å². The van der Waals surface area contributed by atoms with Crippen LogP contribution in [0.3, 0.4) is 0 Å². The van der Waals surface area contributed by atoms with Crippen molar-refractivity contribution in [1.82, 2.24) is 5.32 Å². The Balaban J connectivity index is 2.29. The average Bonchev–Trinajstić information content (AvgIpc) is 2.66. The fourth-order valence-corrected chi connectivity index (χ4v) is 3.42. The third kappa shape index (κ3) is 3.08. The van der Waals surface area contributed by atoms with E-state index in [1.165, 1.54) is 11.3 Å². The molecule has 6 heteroatoms. The number of nitrogen functional groups attached to an aromatic ring is 1. The van der Waals surface area contributed by atoms with E-state index in [4.69, 9.17) is 10.5 Å². The molecular formula is C13H15BrN2O2S. The largest absolute Gasteiger partial charge is 0.397 e. The number of anilines is 1. The number of rotatable bonds is 4. The monoisotopic (exact) mass is 342 g/mol. The summed E-state index contributed by atoms with van der Waals surface area (Å²) >= 11 is 4.81. The number of nitrogens with two attached hydrogens (primary N) is 1. The van der Waals surface area contributed by atoms with Crippen molar-refractivity contribution in [3.63, 3.8) is 0 Å². The van der Waals surface area contributed by atoms with E-state index in [1.54, 1.807) is 7.11 Å².